The van der Waals surface area contributed by atoms with E-state index in [2.05, 4.69) is 0 Å². The fraction of sp³-hybridized carbons (Fsp3) is 0.154. The summed E-state index contributed by atoms with van der Waals surface area (Å²) in [5, 5.41) is 11.0. The first-order valence-corrected chi connectivity index (χ1v) is 5.13. The molecule has 4 heteroatoms. The van der Waals surface area contributed by atoms with E-state index in [1.54, 1.807) is 0 Å². The van der Waals surface area contributed by atoms with Crippen LogP contribution in [0.4, 0.5) is 0 Å². The molecule has 3 N–H and O–H groups in total. The highest BCUT2D eigenvalue weighted by atomic mass is 35.5. The summed E-state index contributed by atoms with van der Waals surface area (Å²) in [6.07, 6.45) is 0.361. The summed E-state index contributed by atoms with van der Waals surface area (Å²) in [5.74, 6) is -0.965. The molecule has 0 saturated carbocycles. The smallest absolute Gasteiger partial charge is 0.320 e. The van der Waals surface area contributed by atoms with Crippen molar-refractivity contribution in [2.24, 2.45) is 5.73 Å². The summed E-state index contributed by atoms with van der Waals surface area (Å²) in [7, 11) is 0. The Morgan fingerprint density at radius 2 is 1.82 bits per heavy atom. The lowest BCUT2D eigenvalue weighted by Gasteiger charge is -2.07. The van der Waals surface area contributed by atoms with Gasteiger partial charge in [-0.25, -0.2) is 0 Å². The summed E-state index contributed by atoms with van der Waals surface area (Å²) in [4.78, 5) is 10.6. The van der Waals surface area contributed by atoms with Crippen molar-refractivity contribution in [3.8, 4) is 0 Å². The maximum absolute atomic E-state index is 10.6. The highest BCUT2D eigenvalue weighted by molar-refractivity contribution is 5.85. The molecule has 17 heavy (non-hydrogen) atoms. The third kappa shape index (κ3) is 3.19. The summed E-state index contributed by atoms with van der Waals surface area (Å²) in [6, 6.07) is 13.0. The molecular weight excluding hydrogens is 238 g/mol. The minimum Gasteiger partial charge on any atom is -0.480 e. The van der Waals surface area contributed by atoms with E-state index in [0.717, 1.165) is 16.3 Å². The monoisotopic (exact) mass is 251 g/mol. The van der Waals surface area contributed by atoms with Gasteiger partial charge in [0.1, 0.15) is 6.04 Å². The molecule has 0 bridgehead atoms. The van der Waals surface area contributed by atoms with E-state index < -0.39 is 12.0 Å². The molecule has 0 saturated heterocycles. The molecule has 0 fully saturated rings. The first-order chi connectivity index (χ1) is 7.66. The van der Waals surface area contributed by atoms with Gasteiger partial charge in [0.15, 0.2) is 0 Å². The van der Waals surface area contributed by atoms with Crippen molar-refractivity contribution in [3.63, 3.8) is 0 Å². The van der Waals surface area contributed by atoms with Gasteiger partial charge in [-0.1, -0.05) is 42.5 Å². The SMILES string of the molecule is Cl.N[C@@H](Cc1ccc2ccccc2c1)C(=O)O. The maximum atomic E-state index is 10.6. The van der Waals surface area contributed by atoms with Crippen LogP contribution in [0.15, 0.2) is 42.5 Å². The van der Waals surface area contributed by atoms with Gasteiger partial charge in [-0.2, -0.15) is 0 Å². The normalized spacial score (nSPS) is 11.8. The zero-order valence-corrected chi connectivity index (χ0v) is 9.98. The molecule has 90 valence electrons. The second-order valence-corrected chi connectivity index (χ2v) is 3.83. The number of nitrogens with two attached hydrogens (primary N) is 1. The maximum Gasteiger partial charge on any atom is 0.320 e. The van der Waals surface area contributed by atoms with Crippen LogP contribution in [0.3, 0.4) is 0 Å². The second-order valence-electron chi connectivity index (χ2n) is 3.83. The van der Waals surface area contributed by atoms with Crippen molar-refractivity contribution < 1.29 is 9.90 Å². The first-order valence-electron chi connectivity index (χ1n) is 5.13. The van der Waals surface area contributed by atoms with E-state index in [1.807, 2.05) is 42.5 Å². The molecule has 2 aromatic rings. The van der Waals surface area contributed by atoms with Crippen LogP contribution in [-0.4, -0.2) is 17.1 Å². The van der Waals surface area contributed by atoms with Gasteiger partial charge in [0.05, 0.1) is 0 Å². The van der Waals surface area contributed by atoms with Gasteiger partial charge >= 0.3 is 5.97 Å². The second kappa shape index (κ2) is 5.66. The number of carbonyl (C=O) groups is 1. The number of fused-ring (bicyclic) bond motifs is 1. The van der Waals surface area contributed by atoms with E-state index in [4.69, 9.17) is 10.8 Å². The number of carboxylic acids is 1. The van der Waals surface area contributed by atoms with Crippen LogP contribution in [0.1, 0.15) is 5.56 Å². The Bertz CT molecular complexity index is 528. The van der Waals surface area contributed by atoms with Crippen LogP contribution in [0, 0.1) is 0 Å². The third-order valence-corrected chi connectivity index (χ3v) is 2.59. The molecule has 0 unspecified atom stereocenters. The van der Waals surface area contributed by atoms with Crippen molar-refractivity contribution in [1.29, 1.82) is 0 Å². The molecule has 0 spiro atoms. The quantitative estimate of drug-likeness (QED) is 0.879. The lowest BCUT2D eigenvalue weighted by molar-refractivity contribution is -0.138. The zero-order valence-electron chi connectivity index (χ0n) is 9.17. The summed E-state index contributed by atoms with van der Waals surface area (Å²) in [5.41, 5.74) is 6.45. The highest BCUT2D eigenvalue weighted by Gasteiger charge is 2.11. The van der Waals surface area contributed by atoms with Crippen LogP contribution in [-0.2, 0) is 11.2 Å². The Kier molecular flexibility index (Phi) is 4.49. The van der Waals surface area contributed by atoms with Crippen LogP contribution in [0.2, 0.25) is 0 Å². The van der Waals surface area contributed by atoms with Gasteiger partial charge in [0.25, 0.3) is 0 Å². The van der Waals surface area contributed by atoms with E-state index in [0.29, 0.717) is 6.42 Å². The van der Waals surface area contributed by atoms with Gasteiger partial charge < -0.3 is 10.8 Å². The summed E-state index contributed by atoms with van der Waals surface area (Å²) < 4.78 is 0. The predicted octanol–water partition coefficient (Wildman–Crippen LogP) is 2.22. The first kappa shape index (κ1) is 13.5. The number of carboxylic acid groups (broad SMARTS) is 1. The minimum absolute atomic E-state index is 0. The van der Waals surface area contributed by atoms with Crippen LogP contribution in [0.5, 0.6) is 0 Å². The van der Waals surface area contributed by atoms with Crippen molar-refractivity contribution in [2.75, 3.05) is 0 Å². The van der Waals surface area contributed by atoms with E-state index in [1.165, 1.54) is 0 Å². The number of hydrogen-bond acceptors (Lipinski definition) is 2. The standard InChI is InChI=1S/C13H13NO2.ClH/c14-12(13(15)16)8-9-5-6-10-3-1-2-4-11(10)7-9;/h1-7,12H,8,14H2,(H,15,16);1H/t12-;/m0./s1. The van der Waals surface area contributed by atoms with Gasteiger partial charge in [-0.3, -0.25) is 4.79 Å². The molecule has 1 atom stereocenters. The Balaban J connectivity index is 0.00000144. The molecule has 0 aliphatic heterocycles. The molecule has 0 amide bonds. The average Bonchev–Trinajstić information content (AvgIpc) is 2.28. The molecule has 3 nitrogen and oxygen atoms in total. The molecule has 0 heterocycles. The molecule has 2 rings (SSSR count). The molecule has 0 aliphatic rings. The number of halogens is 1. The molecule has 2 aromatic carbocycles. The van der Waals surface area contributed by atoms with Crippen LogP contribution >= 0.6 is 12.4 Å². The fourth-order valence-corrected chi connectivity index (χ4v) is 1.71. The Hall–Kier alpha value is -1.58. The molecule has 0 aliphatic carbocycles. The van der Waals surface area contributed by atoms with Crippen LogP contribution in [0.25, 0.3) is 10.8 Å². The van der Waals surface area contributed by atoms with Crippen LogP contribution < -0.4 is 5.73 Å². The van der Waals surface area contributed by atoms with Gasteiger partial charge in [-0.05, 0) is 22.8 Å². The number of benzene rings is 2. The van der Waals surface area contributed by atoms with Gasteiger partial charge in [-0.15, -0.1) is 12.4 Å². The van der Waals surface area contributed by atoms with E-state index in [-0.39, 0.29) is 12.4 Å². The Morgan fingerprint density at radius 1 is 1.18 bits per heavy atom. The Labute approximate surface area is 106 Å². The molecule has 0 radical (unpaired) electrons. The van der Waals surface area contributed by atoms with Gasteiger partial charge in [0.2, 0.25) is 0 Å². The number of aliphatic carboxylic acids is 1. The fourth-order valence-electron chi connectivity index (χ4n) is 1.71. The summed E-state index contributed by atoms with van der Waals surface area (Å²) in [6.45, 7) is 0. The molecular formula is C13H14ClNO2. The predicted molar refractivity (Wildman–Crippen MR) is 70.5 cm³/mol. The lowest BCUT2D eigenvalue weighted by Crippen LogP contribution is -2.32. The highest BCUT2D eigenvalue weighted by Crippen LogP contribution is 2.16. The van der Waals surface area contributed by atoms with Crippen molar-refractivity contribution in [2.45, 2.75) is 12.5 Å². The van der Waals surface area contributed by atoms with Crippen molar-refractivity contribution in [1.82, 2.24) is 0 Å². The topological polar surface area (TPSA) is 63.3 Å². The molecule has 0 aromatic heterocycles. The van der Waals surface area contributed by atoms with Gasteiger partial charge in [0, 0.05) is 0 Å². The van der Waals surface area contributed by atoms with E-state index in [9.17, 15) is 4.79 Å². The lowest BCUT2D eigenvalue weighted by atomic mass is 10.0. The number of hydrogen-bond donors (Lipinski definition) is 2. The average molecular weight is 252 g/mol. The largest absolute Gasteiger partial charge is 0.480 e. The van der Waals surface area contributed by atoms with Crippen molar-refractivity contribution in [3.05, 3.63) is 48.0 Å². The summed E-state index contributed by atoms with van der Waals surface area (Å²) >= 11 is 0. The number of rotatable bonds is 3. The minimum atomic E-state index is -0.965. The Morgan fingerprint density at radius 3 is 2.47 bits per heavy atom. The van der Waals surface area contributed by atoms with Crippen molar-refractivity contribution >= 4 is 29.1 Å². The third-order valence-electron chi connectivity index (χ3n) is 2.59. The van der Waals surface area contributed by atoms with E-state index >= 15 is 0 Å². The zero-order chi connectivity index (χ0) is 11.5.